The van der Waals surface area contributed by atoms with Gasteiger partial charge in [0.1, 0.15) is 40.5 Å². The Bertz CT molecular complexity index is 2180. The van der Waals surface area contributed by atoms with Crippen LogP contribution in [0.2, 0.25) is 0 Å². The van der Waals surface area contributed by atoms with Crippen LogP contribution in [-0.2, 0) is 30.7 Å². The summed E-state index contributed by atoms with van der Waals surface area (Å²) in [7, 11) is 0. The summed E-state index contributed by atoms with van der Waals surface area (Å²) in [6.45, 7) is 17.0. The Morgan fingerprint density at radius 3 is 1.65 bits per heavy atom. The normalized spacial score (nSPS) is 23.5. The lowest BCUT2D eigenvalue weighted by Crippen LogP contribution is -2.49. The highest BCUT2D eigenvalue weighted by molar-refractivity contribution is 6.01. The van der Waals surface area contributed by atoms with Gasteiger partial charge in [-0.05, 0) is 132 Å². The molecule has 11 nitrogen and oxygen atoms in total. The Balaban J connectivity index is 1.09. The number of aliphatic hydroxyl groups is 2. The highest BCUT2D eigenvalue weighted by Crippen LogP contribution is 2.48. The number of aldehydes is 1. The number of fused-ring (bicyclic) bond motifs is 6. The first-order valence-electron chi connectivity index (χ1n) is 22.5. The molecule has 4 N–H and O–H groups in total. The smallest absolute Gasteiger partial charge is 0.255 e. The van der Waals surface area contributed by atoms with Gasteiger partial charge >= 0.3 is 0 Å². The van der Waals surface area contributed by atoms with Crippen LogP contribution >= 0.6 is 0 Å². The minimum Gasteiger partial charge on any atom is -0.508 e. The van der Waals surface area contributed by atoms with E-state index >= 15 is 0 Å². The predicted octanol–water partition coefficient (Wildman–Crippen LogP) is 9.11. The molecule has 5 atom stereocenters. The molecule has 0 spiro atoms. The summed E-state index contributed by atoms with van der Waals surface area (Å²) in [6, 6.07) is 2.10. The fourth-order valence-corrected chi connectivity index (χ4v) is 9.31. The number of rotatable bonds is 18. The van der Waals surface area contributed by atoms with Crippen molar-refractivity contribution in [1.29, 1.82) is 0 Å². The van der Waals surface area contributed by atoms with Crippen LogP contribution in [0.5, 0.6) is 23.0 Å². The quantitative estimate of drug-likeness (QED) is 0.0849. The zero-order valence-electron chi connectivity index (χ0n) is 38.1. The van der Waals surface area contributed by atoms with E-state index in [9.17, 15) is 34.8 Å². The summed E-state index contributed by atoms with van der Waals surface area (Å²) in [6.07, 6.45) is 15.3. The number of phenols is 2. The van der Waals surface area contributed by atoms with Gasteiger partial charge < -0.3 is 44.5 Å². The van der Waals surface area contributed by atoms with Gasteiger partial charge in [0, 0.05) is 41.6 Å². The molecule has 0 aromatic heterocycles. The first-order chi connectivity index (χ1) is 29.3. The molecule has 4 heterocycles. The van der Waals surface area contributed by atoms with E-state index in [0.29, 0.717) is 84.4 Å². The molecule has 6 rings (SSSR count). The van der Waals surface area contributed by atoms with Crippen LogP contribution in [-0.4, -0.2) is 84.3 Å². The molecule has 336 valence electrons. The van der Waals surface area contributed by atoms with E-state index in [1.807, 2.05) is 13.8 Å². The Morgan fingerprint density at radius 2 is 1.18 bits per heavy atom. The monoisotopic (exact) mass is 852 g/mol. The second kappa shape index (κ2) is 19.3. The third-order valence-corrected chi connectivity index (χ3v) is 13.4. The van der Waals surface area contributed by atoms with Crippen molar-refractivity contribution in [2.75, 3.05) is 6.54 Å². The first-order valence-corrected chi connectivity index (χ1v) is 22.5. The zero-order valence-corrected chi connectivity index (χ0v) is 38.1. The molecule has 0 bridgehead atoms. The number of aliphatic hydroxyl groups excluding tert-OH is 2. The third kappa shape index (κ3) is 9.99. The lowest BCUT2D eigenvalue weighted by atomic mass is 9.84. The van der Waals surface area contributed by atoms with Gasteiger partial charge in [-0.15, -0.1) is 0 Å². The maximum Gasteiger partial charge on any atom is 0.255 e. The Hall–Kier alpha value is -4.87. The number of carbonyl (C=O) groups is 3. The maximum atomic E-state index is 13.9. The molecule has 11 heteroatoms. The van der Waals surface area contributed by atoms with Crippen LogP contribution in [0.4, 0.5) is 0 Å². The van der Waals surface area contributed by atoms with Crippen molar-refractivity contribution in [3.8, 4) is 23.0 Å². The second-order valence-electron chi connectivity index (χ2n) is 19.1. The standard InChI is InChI=1S/C51H68N2O9/c1-31(2)14-9-16-33(5)18-11-21-50(7)44(57)26-38-42(55)24-36-40(46(38)61-50)28-52(48(36)59)23-13-20-35(30-54)53-29-41-37(49(53)60)25-43(56)39-27-45(58)51(8,62-47(39)41)22-12-19-34(6)17-10-15-32(3)4/h14-15,18-19,24-25,30,35,44-45,55-58H,9-13,16-17,20-23,26-29H2,1-8H3/b33-18+,34-19+/t35-,44-,45-,50+,51+/m0/s1. The molecular weight excluding hydrogens is 785 g/mol. The number of nitrogens with zero attached hydrogens (tertiary/aromatic N) is 2. The van der Waals surface area contributed by atoms with E-state index in [-0.39, 0.29) is 54.8 Å². The minimum atomic E-state index is -0.952. The molecule has 62 heavy (non-hydrogen) atoms. The number of allylic oxidation sites excluding steroid dienone is 8. The van der Waals surface area contributed by atoms with Gasteiger partial charge in [0.05, 0.1) is 42.5 Å². The summed E-state index contributed by atoms with van der Waals surface area (Å²) in [5.74, 6) is 0.0171. The lowest BCUT2D eigenvalue weighted by molar-refractivity contribution is -0.112. The van der Waals surface area contributed by atoms with Crippen LogP contribution in [0.3, 0.4) is 0 Å². The van der Waals surface area contributed by atoms with Gasteiger partial charge in [0.15, 0.2) is 0 Å². The molecular formula is C51H68N2O9. The average Bonchev–Trinajstić information content (AvgIpc) is 3.69. The van der Waals surface area contributed by atoms with Crippen molar-refractivity contribution < 1.29 is 44.3 Å². The van der Waals surface area contributed by atoms with Gasteiger partial charge in [-0.3, -0.25) is 9.59 Å². The zero-order chi connectivity index (χ0) is 45.1. The van der Waals surface area contributed by atoms with E-state index in [1.54, 1.807) is 4.90 Å². The largest absolute Gasteiger partial charge is 0.508 e. The van der Waals surface area contributed by atoms with E-state index in [0.717, 1.165) is 32.0 Å². The van der Waals surface area contributed by atoms with Crippen molar-refractivity contribution in [2.24, 2.45) is 0 Å². The fraction of sp³-hybridized carbons (Fsp3) is 0.549. The fourth-order valence-electron chi connectivity index (χ4n) is 9.31. The van der Waals surface area contributed by atoms with Crippen molar-refractivity contribution >= 4 is 18.1 Å². The Kier molecular flexibility index (Phi) is 14.5. The number of carbonyl (C=O) groups excluding carboxylic acids is 3. The molecule has 2 aromatic carbocycles. The van der Waals surface area contributed by atoms with Crippen LogP contribution in [0.15, 0.2) is 58.7 Å². The molecule has 0 saturated heterocycles. The molecule has 2 aromatic rings. The Morgan fingerprint density at radius 1 is 0.710 bits per heavy atom. The lowest BCUT2D eigenvalue weighted by Gasteiger charge is -2.41. The Labute approximate surface area is 367 Å². The van der Waals surface area contributed by atoms with Gasteiger partial charge in [0.2, 0.25) is 0 Å². The van der Waals surface area contributed by atoms with E-state index < -0.39 is 29.5 Å². The SMILES string of the molecule is CC(C)=CCC/C(C)=C/CC[C@@]1(C)Oc2c(c(O)cc3c2CN(CCC[C@@H](C=O)N2Cc4c(cc(O)c5c4O[C@](C)(CC/C=C(\C)CCC=C(C)C)[C@@H](O)C5)C2=O)C3=O)C[C@@H]1O. The predicted molar refractivity (Wildman–Crippen MR) is 241 cm³/mol. The van der Waals surface area contributed by atoms with Crippen molar-refractivity contribution in [1.82, 2.24) is 9.80 Å². The molecule has 0 saturated carbocycles. The number of aromatic hydroxyl groups is 2. The second-order valence-corrected chi connectivity index (χ2v) is 19.1. The maximum absolute atomic E-state index is 13.9. The van der Waals surface area contributed by atoms with Gasteiger partial charge in [-0.1, -0.05) is 46.6 Å². The van der Waals surface area contributed by atoms with Crippen molar-refractivity contribution in [3.63, 3.8) is 0 Å². The first kappa shape index (κ1) is 46.6. The van der Waals surface area contributed by atoms with Crippen LogP contribution in [0.25, 0.3) is 0 Å². The van der Waals surface area contributed by atoms with Gasteiger partial charge in [-0.2, -0.15) is 0 Å². The van der Waals surface area contributed by atoms with Gasteiger partial charge in [-0.25, -0.2) is 0 Å². The van der Waals surface area contributed by atoms with Crippen molar-refractivity contribution in [2.45, 2.75) is 175 Å². The third-order valence-electron chi connectivity index (χ3n) is 13.4. The number of phenolic OH excluding ortho intramolecular Hbond substituents is 2. The molecule has 2 amide bonds. The summed E-state index contributed by atoms with van der Waals surface area (Å²) in [5, 5.41) is 44.5. The summed E-state index contributed by atoms with van der Waals surface area (Å²) >= 11 is 0. The minimum absolute atomic E-state index is 0.0807. The van der Waals surface area contributed by atoms with E-state index in [1.165, 1.54) is 39.3 Å². The number of ether oxygens (including phenoxy) is 2. The molecule has 0 fully saturated rings. The number of amides is 2. The number of hydrogen-bond acceptors (Lipinski definition) is 9. The summed E-state index contributed by atoms with van der Waals surface area (Å²) in [5.41, 5.74) is 6.12. The summed E-state index contributed by atoms with van der Waals surface area (Å²) < 4.78 is 13.1. The van der Waals surface area contributed by atoms with Crippen LogP contribution in [0, 0.1) is 0 Å². The van der Waals surface area contributed by atoms with E-state index in [4.69, 9.17) is 9.47 Å². The average molecular weight is 853 g/mol. The van der Waals surface area contributed by atoms with Crippen molar-refractivity contribution in [3.05, 3.63) is 92.1 Å². The highest BCUT2D eigenvalue weighted by Gasteiger charge is 2.46. The molecule has 4 aliphatic heterocycles. The molecule has 0 unspecified atom stereocenters. The highest BCUT2D eigenvalue weighted by atomic mass is 16.5. The molecule has 0 radical (unpaired) electrons. The number of hydrogen-bond donors (Lipinski definition) is 4. The molecule has 0 aliphatic carbocycles. The van der Waals surface area contributed by atoms with Crippen LogP contribution < -0.4 is 9.47 Å². The topological polar surface area (TPSA) is 157 Å². The van der Waals surface area contributed by atoms with E-state index in [2.05, 4.69) is 65.8 Å². The summed E-state index contributed by atoms with van der Waals surface area (Å²) in [4.78, 5) is 43.4. The molecule has 4 aliphatic rings. The van der Waals surface area contributed by atoms with Gasteiger partial charge in [0.25, 0.3) is 11.8 Å². The van der Waals surface area contributed by atoms with Crippen LogP contribution in [0.1, 0.15) is 163 Å². The number of benzene rings is 2.